The standard InChI is InChI=1S/C21H21Cl3N2O4/c1-3-10-26(11-17(27)25-16-7-5-4-6-13(16)2)18(28)12-30-21(29)19-14(22)8-9-15(23)20(19)24/h4-9H,3,10-12H2,1-2H3,(H,25,27). The Labute approximate surface area is 190 Å². The van der Waals surface area contributed by atoms with E-state index in [1.165, 1.54) is 17.0 Å². The first-order valence-corrected chi connectivity index (χ1v) is 10.3. The number of carbonyl (C=O) groups excluding carboxylic acids is 3. The minimum absolute atomic E-state index is 0.0513. The van der Waals surface area contributed by atoms with Gasteiger partial charge in [0, 0.05) is 12.2 Å². The van der Waals surface area contributed by atoms with Gasteiger partial charge in [0.1, 0.15) is 0 Å². The third-order valence-corrected chi connectivity index (χ3v) is 5.29. The summed E-state index contributed by atoms with van der Waals surface area (Å²) in [6, 6.07) is 10.2. The fourth-order valence-corrected chi connectivity index (χ4v) is 3.33. The lowest BCUT2D eigenvalue weighted by molar-refractivity contribution is -0.137. The zero-order chi connectivity index (χ0) is 22.3. The fraction of sp³-hybridized carbons (Fsp3) is 0.286. The first-order valence-electron chi connectivity index (χ1n) is 9.18. The van der Waals surface area contributed by atoms with E-state index in [0.29, 0.717) is 18.7 Å². The lowest BCUT2D eigenvalue weighted by Crippen LogP contribution is -2.40. The van der Waals surface area contributed by atoms with E-state index in [1.54, 1.807) is 6.07 Å². The van der Waals surface area contributed by atoms with E-state index in [9.17, 15) is 14.4 Å². The van der Waals surface area contributed by atoms with Crippen molar-refractivity contribution in [2.45, 2.75) is 20.3 Å². The molecule has 0 saturated carbocycles. The van der Waals surface area contributed by atoms with Crippen LogP contribution < -0.4 is 5.32 Å². The third kappa shape index (κ3) is 6.36. The van der Waals surface area contributed by atoms with Gasteiger partial charge < -0.3 is 15.0 Å². The molecular formula is C21H21Cl3N2O4. The van der Waals surface area contributed by atoms with Crippen LogP contribution in [-0.4, -0.2) is 42.4 Å². The summed E-state index contributed by atoms with van der Waals surface area (Å²) in [5.74, 6) is -1.74. The second kappa shape index (κ2) is 11.2. The van der Waals surface area contributed by atoms with Gasteiger partial charge in [-0.05, 0) is 37.1 Å². The van der Waals surface area contributed by atoms with Crippen molar-refractivity contribution in [2.24, 2.45) is 0 Å². The van der Waals surface area contributed by atoms with Crippen LogP contribution in [-0.2, 0) is 14.3 Å². The van der Waals surface area contributed by atoms with Crippen molar-refractivity contribution in [1.82, 2.24) is 4.90 Å². The van der Waals surface area contributed by atoms with Gasteiger partial charge in [0.25, 0.3) is 5.91 Å². The van der Waals surface area contributed by atoms with Crippen LogP contribution in [0.25, 0.3) is 0 Å². The summed E-state index contributed by atoms with van der Waals surface area (Å²) in [6.45, 7) is 3.34. The molecule has 9 heteroatoms. The molecule has 30 heavy (non-hydrogen) atoms. The Hall–Kier alpha value is -2.28. The number of nitrogens with one attached hydrogen (secondary N) is 1. The molecule has 0 aliphatic rings. The molecule has 0 aromatic heterocycles. The normalized spacial score (nSPS) is 10.4. The summed E-state index contributed by atoms with van der Waals surface area (Å²) < 4.78 is 5.06. The number of aryl methyl sites for hydroxylation is 1. The molecule has 2 aromatic rings. The van der Waals surface area contributed by atoms with E-state index in [2.05, 4.69) is 5.32 Å². The number of hydrogen-bond acceptors (Lipinski definition) is 4. The molecule has 0 heterocycles. The van der Waals surface area contributed by atoms with Crippen LogP contribution in [0.2, 0.25) is 15.1 Å². The summed E-state index contributed by atoms with van der Waals surface area (Å²) in [5.41, 5.74) is 1.46. The van der Waals surface area contributed by atoms with Crippen LogP contribution in [0.15, 0.2) is 36.4 Å². The van der Waals surface area contributed by atoms with Gasteiger partial charge in [-0.2, -0.15) is 0 Å². The molecule has 0 spiro atoms. The largest absolute Gasteiger partial charge is 0.452 e. The highest BCUT2D eigenvalue weighted by Gasteiger charge is 2.22. The van der Waals surface area contributed by atoms with Crippen molar-refractivity contribution in [1.29, 1.82) is 0 Å². The lowest BCUT2D eigenvalue weighted by Gasteiger charge is -2.22. The number of carbonyl (C=O) groups is 3. The third-order valence-electron chi connectivity index (χ3n) is 4.17. The van der Waals surface area contributed by atoms with E-state index in [1.807, 2.05) is 32.0 Å². The SMILES string of the molecule is CCCN(CC(=O)Nc1ccccc1C)C(=O)COC(=O)c1c(Cl)ccc(Cl)c1Cl. The van der Waals surface area contributed by atoms with E-state index in [-0.39, 0.29) is 33.1 Å². The molecule has 0 unspecified atom stereocenters. The second-order valence-electron chi connectivity index (χ2n) is 6.47. The average Bonchev–Trinajstić information content (AvgIpc) is 2.70. The molecule has 0 bridgehead atoms. The smallest absolute Gasteiger partial charge is 0.341 e. The number of benzene rings is 2. The predicted octanol–water partition coefficient (Wildman–Crippen LogP) is 4.99. The zero-order valence-corrected chi connectivity index (χ0v) is 18.8. The molecule has 0 saturated heterocycles. The monoisotopic (exact) mass is 470 g/mol. The van der Waals surface area contributed by atoms with Crippen molar-refractivity contribution >= 4 is 58.3 Å². The Balaban J connectivity index is 2.00. The van der Waals surface area contributed by atoms with E-state index < -0.39 is 18.5 Å². The maximum absolute atomic E-state index is 12.5. The topological polar surface area (TPSA) is 75.7 Å². The Morgan fingerprint density at radius 3 is 2.37 bits per heavy atom. The molecule has 2 rings (SSSR count). The molecule has 0 aliphatic carbocycles. The summed E-state index contributed by atoms with van der Waals surface area (Å²) in [6.07, 6.45) is 0.628. The molecule has 0 atom stereocenters. The van der Waals surface area contributed by atoms with Crippen molar-refractivity contribution in [3.8, 4) is 0 Å². The van der Waals surface area contributed by atoms with E-state index in [4.69, 9.17) is 39.5 Å². The Morgan fingerprint density at radius 1 is 1.03 bits per heavy atom. The molecule has 0 fully saturated rings. The number of rotatable bonds is 8. The maximum Gasteiger partial charge on any atom is 0.341 e. The van der Waals surface area contributed by atoms with Crippen LogP contribution in [0.4, 0.5) is 5.69 Å². The van der Waals surface area contributed by atoms with Gasteiger partial charge >= 0.3 is 5.97 Å². The summed E-state index contributed by atoms with van der Waals surface area (Å²) in [7, 11) is 0. The second-order valence-corrected chi connectivity index (χ2v) is 7.67. The van der Waals surface area contributed by atoms with Crippen molar-refractivity contribution in [3.05, 3.63) is 62.6 Å². The van der Waals surface area contributed by atoms with Crippen LogP contribution in [0.1, 0.15) is 29.3 Å². The molecule has 1 N–H and O–H groups in total. The summed E-state index contributed by atoms with van der Waals surface area (Å²) in [4.78, 5) is 38.6. The average molecular weight is 472 g/mol. The van der Waals surface area contributed by atoms with E-state index in [0.717, 1.165) is 5.56 Å². The number of anilines is 1. The number of nitrogens with zero attached hydrogens (tertiary/aromatic N) is 1. The van der Waals surface area contributed by atoms with Crippen LogP contribution >= 0.6 is 34.8 Å². The van der Waals surface area contributed by atoms with Crippen LogP contribution in [0.3, 0.4) is 0 Å². The molecule has 0 radical (unpaired) electrons. The lowest BCUT2D eigenvalue weighted by atomic mass is 10.2. The van der Waals surface area contributed by atoms with Gasteiger partial charge in [-0.3, -0.25) is 9.59 Å². The highest BCUT2D eigenvalue weighted by molar-refractivity contribution is 6.46. The molecule has 0 aliphatic heterocycles. The van der Waals surface area contributed by atoms with Gasteiger partial charge in [-0.25, -0.2) is 4.79 Å². The quantitative estimate of drug-likeness (QED) is 0.435. The molecule has 160 valence electrons. The van der Waals surface area contributed by atoms with Crippen molar-refractivity contribution in [2.75, 3.05) is 25.0 Å². The van der Waals surface area contributed by atoms with Crippen LogP contribution in [0, 0.1) is 6.92 Å². The number of amides is 2. The highest BCUT2D eigenvalue weighted by Crippen LogP contribution is 2.31. The maximum atomic E-state index is 12.5. The summed E-state index contributed by atoms with van der Waals surface area (Å²) in [5, 5.41) is 2.92. The molecule has 2 aromatic carbocycles. The number of esters is 1. The summed E-state index contributed by atoms with van der Waals surface area (Å²) >= 11 is 17.9. The van der Waals surface area contributed by atoms with Crippen molar-refractivity contribution in [3.63, 3.8) is 0 Å². The van der Waals surface area contributed by atoms with Gasteiger partial charge in [-0.1, -0.05) is 59.9 Å². The van der Waals surface area contributed by atoms with Gasteiger partial charge in [-0.15, -0.1) is 0 Å². The first kappa shape index (κ1) is 24.0. The van der Waals surface area contributed by atoms with Gasteiger partial charge in [0.2, 0.25) is 5.91 Å². The predicted molar refractivity (Wildman–Crippen MR) is 118 cm³/mol. The number of para-hydroxylation sites is 1. The minimum Gasteiger partial charge on any atom is -0.452 e. The Kier molecular flexibility index (Phi) is 8.96. The number of halogens is 3. The van der Waals surface area contributed by atoms with Gasteiger partial charge in [0.05, 0.1) is 27.2 Å². The minimum atomic E-state index is -0.873. The van der Waals surface area contributed by atoms with Gasteiger partial charge in [0.15, 0.2) is 6.61 Å². The highest BCUT2D eigenvalue weighted by atomic mass is 35.5. The van der Waals surface area contributed by atoms with Crippen molar-refractivity contribution < 1.29 is 19.1 Å². The molecule has 2 amide bonds. The fourth-order valence-electron chi connectivity index (χ4n) is 2.64. The molecular weight excluding hydrogens is 451 g/mol. The zero-order valence-electron chi connectivity index (χ0n) is 16.5. The first-order chi connectivity index (χ1) is 14.2. The van der Waals surface area contributed by atoms with Crippen LogP contribution in [0.5, 0.6) is 0 Å². The Morgan fingerprint density at radius 2 is 1.70 bits per heavy atom. The Bertz CT molecular complexity index is 950. The number of ether oxygens (including phenoxy) is 1. The number of hydrogen-bond donors (Lipinski definition) is 1. The molecule has 6 nitrogen and oxygen atoms in total. The van der Waals surface area contributed by atoms with E-state index >= 15 is 0 Å².